The van der Waals surface area contributed by atoms with Crippen LogP contribution < -0.4 is 14.8 Å². The Morgan fingerprint density at radius 2 is 1.72 bits per heavy atom. The van der Waals surface area contributed by atoms with Crippen LogP contribution in [0, 0.1) is 3.57 Å². The van der Waals surface area contributed by atoms with Crippen LogP contribution in [0.3, 0.4) is 0 Å². The number of benzene rings is 3. The average molecular weight is 542 g/mol. The maximum atomic E-state index is 6.25. The Balaban J connectivity index is 1.70. The highest BCUT2D eigenvalue weighted by molar-refractivity contribution is 14.1. The fourth-order valence-corrected chi connectivity index (χ4v) is 4.15. The van der Waals surface area contributed by atoms with Crippen LogP contribution in [0.5, 0.6) is 11.5 Å². The van der Waals surface area contributed by atoms with Crippen LogP contribution in [-0.4, -0.2) is 7.11 Å². The van der Waals surface area contributed by atoms with E-state index in [1.54, 1.807) is 19.2 Å². The van der Waals surface area contributed by atoms with Gasteiger partial charge in [-0.3, -0.25) is 0 Å². The van der Waals surface area contributed by atoms with E-state index in [0.29, 0.717) is 34.7 Å². The fourth-order valence-electron chi connectivity index (χ4n) is 2.87. The molecule has 0 spiro atoms. The minimum absolute atomic E-state index is 0.337. The summed E-state index contributed by atoms with van der Waals surface area (Å²) in [5, 5.41) is 4.64. The number of aryl methyl sites for hydroxylation is 1. The van der Waals surface area contributed by atoms with Crippen LogP contribution in [0.25, 0.3) is 0 Å². The molecule has 152 valence electrons. The van der Waals surface area contributed by atoms with E-state index in [0.717, 1.165) is 26.8 Å². The zero-order valence-corrected chi connectivity index (χ0v) is 19.9. The molecule has 0 radical (unpaired) electrons. The van der Waals surface area contributed by atoms with Crippen molar-refractivity contribution in [3.8, 4) is 11.5 Å². The first-order valence-corrected chi connectivity index (χ1v) is 11.1. The zero-order chi connectivity index (χ0) is 20.8. The van der Waals surface area contributed by atoms with E-state index >= 15 is 0 Å². The standard InChI is InChI=1S/C23H22Cl2INO2/c1-3-15-4-8-19(9-5-15)27-13-16-10-21(26)23(22(11-16)28-2)29-14-17-6-7-18(24)12-20(17)25/h4-12,27H,3,13-14H2,1-2H3. The zero-order valence-electron chi connectivity index (χ0n) is 16.3. The Labute approximate surface area is 195 Å². The van der Waals surface area contributed by atoms with Crippen molar-refractivity contribution >= 4 is 51.5 Å². The van der Waals surface area contributed by atoms with Crippen molar-refractivity contribution in [2.24, 2.45) is 0 Å². The van der Waals surface area contributed by atoms with Crippen LogP contribution in [0.2, 0.25) is 10.0 Å². The Kier molecular flexibility index (Phi) is 7.92. The van der Waals surface area contributed by atoms with Crippen molar-refractivity contribution in [2.75, 3.05) is 12.4 Å². The van der Waals surface area contributed by atoms with E-state index in [9.17, 15) is 0 Å². The number of nitrogens with one attached hydrogen (secondary N) is 1. The van der Waals surface area contributed by atoms with Crippen LogP contribution >= 0.6 is 45.8 Å². The van der Waals surface area contributed by atoms with E-state index in [1.165, 1.54) is 5.56 Å². The predicted molar refractivity (Wildman–Crippen MR) is 130 cm³/mol. The second kappa shape index (κ2) is 10.4. The average Bonchev–Trinajstić information content (AvgIpc) is 2.72. The Bertz CT molecular complexity index is 977. The quantitative estimate of drug-likeness (QED) is 0.302. The third-order valence-electron chi connectivity index (χ3n) is 4.54. The van der Waals surface area contributed by atoms with Gasteiger partial charge in [-0.25, -0.2) is 0 Å². The first-order chi connectivity index (χ1) is 14.0. The molecule has 0 saturated heterocycles. The largest absolute Gasteiger partial charge is 0.493 e. The van der Waals surface area contributed by atoms with E-state index in [4.69, 9.17) is 32.7 Å². The van der Waals surface area contributed by atoms with Gasteiger partial charge in [-0.05, 0) is 76.5 Å². The Morgan fingerprint density at radius 3 is 2.38 bits per heavy atom. The number of ether oxygens (including phenoxy) is 2. The lowest BCUT2D eigenvalue weighted by Gasteiger charge is -2.16. The molecule has 3 nitrogen and oxygen atoms in total. The molecule has 1 N–H and O–H groups in total. The fraction of sp³-hybridized carbons (Fsp3) is 0.217. The summed E-state index contributed by atoms with van der Waals surface area (Å²) in [7, 11) is 1.65. The second-order valence-electron chi connectivity index (χ2n) is 6.54. The lowest BCUT2D eigenvalue weighted by Crippen LogP contribution is -2.04. The van der Waals surface area contributed by atoms with E-state index in [2.05, 4.69) is 65.2 Å². The number of rotatable bonds is 8. The molecule has 0 atom stereocenters. The minimum Gasteiger partial charge on any atom is -0.493 e. The molecular formula is C23H22Cl2INO2. The SMILES string of the molecule is CCc1ccc(NCc2cc(I)c(OCc3ccc(Cl)cc3Cl)c(OC)c2)cc1. The number of halogens is 3. The van der Waals surface area contributed by atoms with Crippen LogP contribution in [-0.2, 0) is 19.6 Å². The summed E-state index contributed by atoms with van der Waals surface area (Å²) in [6.45, 7) is 3.19. The molecule has 3 rings (SSSR count). The van der Waals surface area contributed by atoms with Crippen molar-refractivity contribution in [1.29, 1.82) is 0 Å². The molecule has 0 saturated carbocycles. The van der Waals surface area contributed by atoms with E-state index in [1.807, 2.05) is 12.1 Å². The molecule has 0 aliphatic carbocycles. The number of methoxy groups -OCH3 is 1. The van der Waals surface area contributed by atoms with Gasteiger partial charge < -0.3 is 14.8 Å². The Hall–Kier alpha value is -1.63. The van der Waals surface area contributed by atoms with Crippen LogP contribution in [0.1, 0.15) is 23.6 Å². The lowest BCUT2D eigenvalue weighted by atomic mass is 10.1. The molecule has 0 fully saturated rings. The summed E-state index contributed by atoms with van der Waals surface area (Å²) in [6.07, 6.45) is 1.04. The van der Waals surface area contributed by atoms with Crippen molar-refractivity contribution in [3.63, 3.8) is 0 Å². The third kappa shape index (κ3) is 5.93. The first kappa shape index (κ1) is 22.1. The molecule has 3 aromatic rings. The van der Waals surface area contributed by atoms with Crippen molar-refractivity contribution < 1.29 is 9.47 Å². The molecule has 0 aromatic heterocycles. The summed E-state index contributed by atoms with van der Waals surface area (Å²) in [5.74, 6) is 1.40. The maximum Gasteiger partial charge on any atom is 0.174 e. The molecular weight excluding hydrogens is 520 g/mol. The molecule has 0 amide bonds. The van der Waals surface area contributed by atoms with Gasteiger partial charge in [-0.2, -0.15) is 0 Å². The Morgan fingerprint density at radius 1 is 0.966 bits per heavy atom. The van der Waals surface area contributed by atoms with Gasteiger partial charge in [0.05, 0.1) is 10.7 Å². The predicted octanol–water partition coefficient (Wildman–Crippen LogP) is 7.36. The summed E-state index contributed by atoms with van der Waals surface area (Å²) < 4.78 is 12.6. The highest BCUT2D eigenvalue weighted by Gasteiger charge is 2.13. The van der Waals surface area contributed by atoms with Gasteiger partial charge in [-0.1, -0.05) is 48.3 Å². The van der Waals surface area contributed by atoms with Gasteiger partial charge in [0.25, 0.3) is 0 Å². The maximum absolute atomic E-state index is 6.25. The van der Waals surface area contributed by atoms with Crippen molar-refractivity contribution in [2.45, 2.75) is 26.5 Å². The van der Waals surface area contributed by atoms with Crippen LogP contribution in [0.4, 0.5) is 5.69 Å². The first-order valence-electron chi connectivity index (χ1n) is 9.26. The highest BCUT2D eigenvalue weighted by Crippen LogP contribution is 2.35. The third-order valence-corrected chi connectivity index (χ3v) is 5.92. The molecule has 29 heavy (non-hydrogen) atoms. The summed E-state index contributed by atoms with van der Waals surface area (Å²) in [6, 6.07) is 18.0. The van der Waals surface area contributed by atoms with Crippen molar-refractivity contribution in [3.05, 3.63) is 84.9 Å². The number of hydrogen-bond acceptors (Lipinski definition) is 3. The minimum atomic E-state index is 0.337. The van der Waals surface area contributed by atoms with Gasteiger partial charge in [-0.15, -0.1) is 0 Å². The van der Waals surface area contributed by atoms with Gasteiger partial charge in [0.1, 0.15) is 6.61 Å². The number of hydrogen-bond donors (Lipinski definition) is 1. The van der Waals surface area contributed by atoms with Gasteiger partial charge >= 0.3 is 0 Å². The monoisotopic (exact) mass is 541 g/mol. The van der Waals surface area contributed by atoms with E-state index in [-0.39, 0.29) is 0 Å². The van der Waals surface area contributed by atoms with Gasteiger partial charge in [0.15, 0.2) is 11.5 Å². The molecule has 0 aliphatic heterocycles. The summed E-state index contributed by atoms with van der Waals surface area (Å²) in [4.78, 5) is 0. The van der Waals surface area contributed by atoms with Gasteiger partial charge in [0.2, 0.25) is 0 Å². The molecule has 0 aliphatic rings. The smallest absolute Gasteiger partial charge is 0.174 e. The van der Waals surface area contributed by atoms with Gasteiger partial charge in [0, 0.05) is 27.8 Å². The van der Waals surface area contributed by atoms with E-state index < -0.39 is 0 Å². The summed E-state index contributed by atoms with van der Waals surface area (Å²) in [5.41, 5.74) is 4.40. The summed E-state index contributed by atoms with van der Waals surface area (Å²) >= 11 is 14.5. The second-order valence-corrected chi connectivity index (χ2v) is 8.54. The lowest BCUT2D eigenvalue weighted by molar-refractivity contribution is 0.282. The topological polar surface area (TPSA) is 30.5 Å². The molecule has 0 heterocycles. The van der Waals surface area contributed by atoms with Crippen molar-refractivity contribution in [1.82, 2.24) is 0 Å². The molecule has 3 aromatic carbocycles. The highest BCUT2D eigenvalue weighted by atomic mass is 127. The van der Waals surface area contributed by atoms with Crippen LogP contribution in [0.15, 0.2) is 54.6 Å². The molecule has 6 heteroatoms. The molecule has 0 bridgehead atoms. The molecule has 0 unspecified atom stereocenters. The normalized spacial score (nSPS) is 10.7. The number of anilines is 1.